The highest BCUT2D eigenvalue weighted by atomic mass is 19.4. The van der Waals surface area contributed by atoms with E-state index < -0.39 is 22.4 Å². The average molecular weight is 331 g/mol. The number of nitro groups is 1. The van der Waals surface area contributed by atoms with Crippen LogP contribution in [-0.4, -0.2) is 24.6 Å². The summed E-state index contributed by atoms with van der Waals surface area (Å²) < 4.78 is 38.9. The quantitative estimate of drug-likeness (QED) is 0.636. The molecule has 1 saturated carbocycles. The van der Waals surface area contributed by atoms with E-state index in [9.17, 15) is 23.3 Å². The van der Waals surface area contributed by atoms with E-state index in [2.05, 4.69) is 10.6 Å². The lowest BCUT2D eigenvalue weighted by atomic mass is 9.86. The van der Waals surface area contributed by atoms with E-state index in [0.29, 0.717) is 5.92 Å². The molecule has 1 aromatic carbocycles. The molecule has 0 saturated heterocycles. The summed E-state index contributed by atoms with van der Waals surface area (Å²) in [5.74, 6) is 0.598. The molecule has 0 radical (unpaired) electrons. The molecule has 5 nitrogen and oxygen atoms in total. The van der Waals surface area contributed by atoms with Gasteiger partial charge >= 0.3 is 6.18 Å². The Balaban J connectivity index is 2.08. The van der Waals surface area contributed by atoms with E-state index in [0.717, 1.165) is 44.4 Å². The molecule has 0 amide bonds. The van der Waals surface area contributed by atoms with Crippen molar-refractivity contribution in [2.45, 2.75) is 37.9 Å². The minimum atomic E-state index is -4.75. The Labute approximate surface area is 132 Å². The van der Waals surface area contributed by atoms with Gasteiger partial charge in [-0.15, -0.1) is 0 Å². The first-order valence-electron chi connectivity index (χ1n) is 7.58. The van der Waals surface area contributed by atoms with E-state index in [1.165, 1.54) is 6.07 Å². The van der Waals surface area contributed by atoms with Crippen LogP contribution in [0.15, 0.2) is 18.2 Å². The monoisotopic (exact) mass is 331 g/mol. The largest absolute Gasteiger partial charge is 0.423 e. The van der Waals surface area contributed by atoms with Gasteiger partial charge in [0.15, 0.2) is 0 Å². The molecule has 1 aliphatic rings. The van der Waals surface area contributed by atoms with Gasteiger partial charge in [0, 0.05) is 17.8 Å². The fourth-order valence-corrected chi connectivity index (χ4v) is 3.05. The summed E-state index contributed by atoms with van der Waals surface area (Å²) in [4.78, 5) is 9.74. The zero-order chi connectivity index (χ0) is 17.0. The molecular formula is C15H20F3N3O2. The van der Waals surface area contributed by atoms with Crippen molar-refractivity contribution in [1.82, 2.24) is 5.32 Å². The highest BCUT2D eigenvalue weighted by Gasteiger charge is 2.38. The maximum absolute atomic E-state index is 13.0. The normalized spacial score (nSPS) is 21.9. The SMILES string of the molecule is CNC[C@H]1CC[C@H](Nc2ccc([N+](=O)[O-])c(C(F)(F)F)c2)CC1. The zero-order valence-electron chi connectivity index (χ0n) is 12.8. The van der Waals surface area contributed by atoms with E-state index in [1.807, 2.05) is 7.05 Å². The number of nitrogens with zero attached hydrogens (tertiary/aromatic N) is 1. The Kier molecular flexibility index (Phi) is 5.46. The highest BCUT2D eigenvalue weighted by Crippen LogP contribution is 2.38. The van der Waals surface area contributed by atoms with Gasteiger partial charge in [-0.3, -0.25) is 10.1 Å². The molecule has 0 unspecified atom stereocenters. The van der Waals surface area contributed by atoms with Crippen molar-refractivity contribution in [1.29, 1.82) is 0 Å². The molecule has 128 valence electrons. The fourth-order valence-electron chi connectivity index (χ4n) is 3.05. The lowest BCUT2D eigenvalue weighted by Gasteiger charge is -2.29. The zero-order valence-corrected chi connectivity index (χ0v) is 12.8. The number of nitro benzene ring substituents is 1. The second-order valence-electron chi connectivity index (χ2n) is 5.91. The third-order valence-electron chi connectivity index (χ3n) is 4.21. The van der Waals surface area contributed by atoms with Crippen molar-refractivity contribution < 1.29 is 18.1 Å². The van der Waals surface area contributed by atoms with Crippen LogP contribution in [0.5, 0.6) is 0 Å². The van der Waals surface area contributed by atoms with Gasteiger partial charge in [-0.25, -0.2) is 0 Å². The summed E-state index contributed by atoms with van der Waals surface area (Å²) in [6.45, 7) is 0.947. The van der Waals surface area contributed by atoms with Gasteiger partial charge in [0.1, 0.15) is 5.56 Å². The van der Waals surface area contributed by atoms with Crippen molar-refractivity contribution in [3.8, 4) is 0 Å². The third kappa shape index (κ3) is 4.57. The number of rotatable bonds is 5. The van der Waals surface area contributed by atoms with Gasteiger partial charge in [0.25, 0.3) is 5.69 Å². The van der Waals surface area contributed by atoms with Crippen molar-refractivity contribution >= 4 is 11.4 Å². The smallest absolute Gasteiger partial charge is 0.382 e. The third-order valence-corrected chi connectivity index (χ3v) is 4.21. The van der Waals surface area contributed by atoms with Crippen LogP contribution in [-0.2, 0) is 6.18 Å². The topological polar surface area (TPSA) is 67.2 Å². The number of nitrogens with one attached hydrogen (secondary N) is 2. The molecule has 8 heteroatoms. The van der Waals surface area contributed by atoms with E-state index >= 15 is 0 Å². The maximum atomic E-state index is 13.0. The molecule has 23 heavy (non-hydrogen) atoms. The molecular weight excluding hydrogens is 311 g/mol. The predicted molar refractivity (Wildman–Crippen MR) is 81.4 cm³/mol. The predicted octanol–water partition coefficient (Wildman–Crippen LogP) is 3.80. The van der Waals surface area contributed by atoms with Crippen LogP contribution in [0.25, 0.3) is 0 Å². The van der Waals surface area contributed by atoms with Crippen molar-refractivity contribution in [3.05, 3.63) is 33.9 Å². The van der Waals surface area contributed by atoms with Crippen molar-refractivity contribution in [2.24, 2.45) is 5.92 Å². The van der Waals surface area contributed by atoms with Gasteiger partial charge in [-0.1, -0.05) is 0 Å². The van der Waals surface area contributed by atoms with Gasteiger partial charge in [-0.05, 0) is 57.3 Å². The lowest BCUT2D eigenvalue weighted by molar-refractivity contribution is -0.388. The molecule has 2 rings (SSSR count). The number of hydrogen-bond donors (Lipinski definition) is 2. The first-order valence-corrected chi connectivity index (χ1v) is 7.58. The van der Waals surface area contributed by atoms with Gasteiger partial charge < -0.3 is 10.6 Å². The minimum Gasteiger partial charge on any atom is -0.382 e. The Bertz CT molecular complexity index is 555. The summed E-state index contributed by atoms with van der Waals surface area (Å²) in [6, 6.07) is 3.19. The summed E-state index contributed by atoms with van der Waals surface area (Å²) in [5.41, 5.74) is -1.85. The first kappa shape index (κ1) is 17.5. The molecule has 0 bridgehead atoms. The molecule has 0 atom stereocenters. The number of alkyl halides is 3. The van der Waals surface area contributed by atoms with Crippen LogP contribution in [0.1, 0.15) is 31.2 Å². The highest BCUT2D eigenvalue weighted by molar-refractivity contribution is 5.55. The Morgan fingerprint density at radius 1 is 1.26 bits per heavy atom. The second kappa shape index (κ2) is 7.16. The van der Waals surface area contributed by atoms with E-state index in [-0.39, 0.29) is 11.7 Å². The summed E-state index contributed by atoms with van der Waals surface area (Å²) in [6.07, 6.45) is -0.963. The maximum Gasteiger partial charge on any atom is 0.423 e. The average Bonchev–Trinajstić information content (AvgIpc) is 2.48. The van der Waals surface area contributed by atoms with Crippen LogP contribution >= 0.6 is 0 Å². The molecule has 1 fully saturated rings. The summed E-state index contributed by atoms with van der Waals surface area (Å²) in [7, 11) is 1.90. The van der Waals surface area contributed by atoms with Crippen LogP contribution in [0.4, 0.5) is 24.5 Å². The molecule has 0 heterocycles. The Morgan fingerprint density at radius 3 is 2.43 bits per heavy atom. The van der Waals surface area contributed by atoms with Crippen LogP contribution in [0.2, 0.25) is 0 Å². The Hall–Kier alpha value is -1.83. The van der Waals surface area contributed by atoms with Gasteiger partial charge in [0.2, 0.25) is 0 Å². The van der Waals surface area contributed by atoms with Crippen LogP contribution in [0, 0.1) is 16.0 Å². The van der Waals surface area contributed by atoms with Gasteiger partial charge in [0.05, 0.1) is 4.92 Å². The second-order valence-corrected chi connectivity index (χ2v) is 5.91. The number of anilines is 1. The van der Waals surface area contributed by atoms with Crippen LogP contribution < -0.4 is 10.6 Å². The molecule has 0 aromatic heterocycles. The fraction of sp³-hybridized carbons (Fsp3) is 0.600. The number of benzene rings is 1. The standard InChI is InChI=1S/C15H20F3N3O2/c1-19-9-10-2-4-11(5-3-10)20-12-6-7-14(21(22)23)13(8-12)15(16,17)18/h6-8,10-11,19-20H,2-5,9H2,1H3/t10-,11-. The summed E-state index contributed by atoms with van der Waals surface area (Å²) >= 11 is 0. The van der Waals surface area contributed by atoms with Crippen molar-refractivity contribution in [3.63, 3.8) is 0 Å². The molecule has 1 aliphatic carbocycles. The van der Waals surface area contributed by atoms with E-state index in [4.69, 9.17) is 0 Å². The molecule has 1 aromatic rings. The van der Waals surface area contributed by atoms with E-state index in [1.54, 1.807) is 0 Å². The lowest BCUT2D eigenvalue weighted by Crippen LogP contribution is -2.30. The minimum absolute atomic E-state index is 0.102. The molecule has 0 spiro atoms. The molecule has 0 aliphatic heterocycles. The number of hydrogen-bond acceptors (Lipinski definition) is 4. The first-order chi connectivity index (χ1) is 10.8. The summed E-state index contributed by atoms with van der Waals surface area (Å²) in [5, 5.41) is 17.0. The number of halogens is 3. The van der Waals surface area contributed by atoms with Crippen molar-refractivity contribution in [2.75, 3.05) is 18.9 Å². The Morgan fingerprint density at radius 2 is 1.91 bits per heavy atom. The molecule has 2 N–H and O–H groups in total. The van der Waals surface area contributed by atoms with Crippen LogP contribution in [0.3, 0.4) is 0 Å². The van der Waals surface area contributed by atoms with Gasteiger partial charge in [-0.2, -0.15) is 13.2 Å².